The second-order valence-electron chi connectivity index (χ2n) is 2.41. The molecule has 0 radical (unpaired) electrons. The van der Waals surface area contributed by atoms with Gasteiger partial charge in [-0.05, 0) is 24.0 Å². The van der Waals surface area contributed by atoms with Gasteiger partial charge >= 0.3 is 0 Å². The van der Waals surface area contributed by atoms with Crippen molar-refractivity contribution >= 4 is 11.8 Å². The molecule has 0 atom stereocenters. The smallest absolute Gasteiger partial charge is 0.132 e. The van der Waals surface area contributed by atoms with Gasteiger partial charge in [0.2, 0.25) is 0 Å². The second-order valence-corrected chi connectivity index (χ2v) is 3.72. The van der Waals surface area contributed by atoms with E-state index in [2.05, 4.69) is 13.0 Å². The highest BCUT2D eigenvalue weighted by atomic mass is 32.2. The third kappa shape index (κ3) is 2.40. The minimum Gasteiger partial charge on any atom is -0.496 e. The molecule has 1 rings (SSSR count). The molecule has 0 aliphatic rings. The zero-order chi connectivity index (χ0) is 9.68. The molecule has 0 saturated carbocycles. The number of methoxy groups -OCH3 is 1. The molecule has 13 heavy (non-hydrogen) atoms. The van der Waals surface area contributed by atoms with E-state index in [1.807, 2.05) is 12.1 Å². The fourth-order valence-electron chi connectivity index (χ4n) is 1.01. The lowest BCUT2D eigenvalue weighted by molar-refractivity contribution is 0.405. The van der Waals surface area contributed by atoms with Crippen LogP contribution in [-0.2, 0) is 0 Å². The summed E-state index contributed by atoms with van der Waals surface area (Å²) in [4.78, 5) is 1.03. The average molecular weight is 193 g/mol. The summed E-state index contributed by atoms with van der Waals surface area (Å²) in [5.41, 5.74) is 0.678. The lowest BCUT2D eigenvalue weighted by Crippen LogP contribution is -1.87. The largest absolute Gasteiger partial charge is 0.496 e. The zero-order valence-corrected chi connectivity index (χ0v) is 8.52. The minimum atomic E-state index is 0.678. The van der Waals surface area contributed by atoms with Crippen molar-refractivity contribution in [2.24, 2.45) is 0 Å². The molecule has 0 aliphatic heterocycles. The van der Waals surface area contributed by atoms with Crippen molar-refractivity contribution in [2.45, 2.75) is 11.8 Å². The van der Waals surface area contributed by atoms with E-state index in [0.29, 0.717) is 5.56 Å². The minimum absolute atomic E-state index is 0.678. The third-order valence-electron chi connectivity index (χ3n) is 1.59. The lowest BCUT2D eigenvalue weighted by Gasteiger charge is -2.06. The van der Waals surface area contributed by atoms with Crippen LogP contribution in [0.5, 0.6) is 5.75 Å². The fraction of sp³-hybridized carbons (Fsp3) is 0.300. The maximum Gasteiger partial charge on any atom is 0.132 e. The number of nitriles is 1. The first kappa shape index (κ1) is 9.94. The summed E-state index contributed by atoms with van der Waals surface area (Å²) < 4.78 is 5.17. The molecular weight excluding hydrogens is 182 g/mol. The number of hydrogen-bond acceptors (Lipinski definition) is 3. The van der Waals surface area contributed by atoms with Crippen LogP contribution < -0.4 is 4.74 Å². The van der Waals surface area contributed by atoms with Gasteiger partial charge in [-0.25, -0.2) is 0 Å². The molecule has 1 aromatic carbocycles. The van der Waals surface area contributed by atoms with Crippen LogP contribution in [0.2, 0.25) is 0 Å². The van der Waals surface area contributed by atoms with Gasteiger partial charge in [0, 0.05) is 0 Å². The summed E-state index contributed by atoms with van der Waals surface area (Å²) in [7, 11) is 1.64. The Balaban J connectivity index is 3.04. The Kier molecular flexibility index (Phi) is 3.66. The molecule has 0 heterocycles. The van der Waals surface area contributed by atoms with Gasteiger partial charge in [-0.15, -0.1) is 11.8 Å². The Morgan fingerprint density at radius 1 is 1.54 bits per heavy atom. The molecule has 0 unspecified atom stereocenters. The van der Waals surface area contributed by atoms with Crippen LogP contribution in [0.4, 0.5) is 0 Å². The van der Waals surface area contributed by atoms with Gasteiger partial charge in [0.1, 0.15) is 5.75 Å². The molecule has 0 aromatic heterocycles. The number of hydrogen-bond donors (Lipinski definition) is 0. The van der Waals surface area contributed by atoms with Gasteiger partial charge < -0.3 is 4.74 Å². The summed E-state index contributed by atoms with van der Waals surface area (Å²) in [5.74, 6) is 1.82. The van der Waals surface area contributed by atoms with E-state index in [9.17, 15) is 0 Å². The highest BCUT2D eigenvalue weighted by Crippen LogP contribution is 2.29. The van der Waals surface area contributed by atoms with Crippen molar-refractivity contribution < 1.29 is 4.74 Å². The van der Waals surface area contributed by atoms with E-state index in [4.69, 9.17) is 10.00 Å². The second kappa shape index (κ2) is 4.78. The Bertz CT molecular complexity index is 330. The first-order valence-electron chi connectivity index (χ1n) is 4.02. The monoisotopic (exact) mass is 193 g/mol. The number of benzene rings is 1. The zero-order valence-electron chi connectivity index (χ0n) is 7.70. The van der Waals surface area contributed by atoms with E-state index in [-0.39, 0.29) is 0 Å². The summed E-state index contributed by atoms with van der Waals surface area (Å²) in [6, 6.07) is 7.55. The Morgan fingerprint density at radius 3 is 2.85 bits per heavy atom. The maximum atomic E-state index is 8.69. The van der Waals surface area contributed by atoms with E-state index in [0.717, 1.165) is 16.4 Å². The van der Waals surface area contributed by atoms with E-state index < -0.39 is 0 Å². The number of nitrogens with zero attached hydrogens (tertiary/aromatic N) is 1. The molecule has 0 saturated heterocycles. The van der Waals surface area contributed by atoms with Crippen LogP contribution in [0.3, 0.4) is 0 Å². The highest BCUT2D eigenvalue weighted by Gasteiger charge is 2.03. The molecule has 2 nitrogen and oxygen atoms in total. The van der Waals surface area contributed by atoms with Crippen molar-refractivity contribution in [1.82, 2.24) is 0 Å². The number of rotatable bonds is 3. The lowest BCUT2D eigenvalue weighted by atomic mass is 10.2. The summed E-state index contributed by atoms with van der Waals surface area (Å²) in [6.45, 7) is 2.07. The predicted molar refractivity (Wildman–Crippen MR) is 54.1 cm³/mol. The standard InChI is InChI=1S/C10H11NOS/c1-3-13-10-6-8(7-11)4-5-9(10)12-2/h4-6H,3H2,1-2H3. The topological polar surface area (TPSA) is 33.0 Å². The molecule has 0 aliphatic carbocycles. The van der Waals surface area contributed by atoms with Crippen LogP contribution in [0.1, 0.15) is 12.5 Å². The van der Waals surface area contributed by atoms with Crippen LogP contribution in [0.25, 0.3) is 0 Å². The number of thioether (sulfide) groups is 1. The first-order valence-corrected chi connectivity index (χ1v) is 5.01. The van der Waals surface area contributed by atoms with Gasteiger partial charge in [-0.2, -0.15) is 5.26 Å². The first-order chi connectivity index (χ1) is 6.31. The van der Waals surface area contributed by atoms with Crippen LogP contribution in [-0.4, -0.2) is 12.9 Å². The van der Waals surface area contributed by atoms with Crippen molar-refractivity contribution in [1.29, 1.82) is 5.26 Å². The van der Waals surface area contributed by atoms with Gasteiger partial charge in [-0.3, -0.25) is 0 Å². The van der Waals surface area contributed by atoms with Crippen LogP contribution >= 0.6 is 11.8 Å². The Labute approximate surface area is 82.5 Å². The quantitative estimate of drug-likeness (QED) is 0.692. The SMILES string of the molecule is CCSc1cc(C#N)ccc1OC. The molecular formula is C10H11NOS. The van der Waals surface area contributed by atoms with Gasteiger partial charge in [-0.1, -0.05) is 6.92 Å². The number of ether oxygens (including phenoxy) is 1. The third-order valence-corrected chi connectivity index (χ3v) is 2.51. The molecule has 0 fully saturated rings. The summed E-state index contributed by atoms with van der Waals surface area (Å²) in [6.07, 6.45) is 0. The van der Waals surface area contributed by atoms with E-state index >= 15 is 0 Å². The average Bonchev–Trinajstić information content (AvgIpc) is 2.18. The van der Waals surface area contributed by atoms with Crippen molar-refractivity contribution in [2.75, 3.05) is 12.9 Å². The molecule has 3 heteroatoms. The normalized spacial score (nSPS) is 9.31. The van der Waals surface area contributed by atoms with Gasteiger partial charge in [0.15, 0.2) is 0 Å². The van der Waals surface area contributed by atoms with Gasteiger partial charge in [0.25, 0.3) is 0 Å². The molecule has 1 aromatic rings. The fourth-order valence-corrected chi connectivity index (χ4v) is 1.83. The van der Waals surface area contributed by atoms with Gasteiger partial charge in [0.05, 0.1) is 23.6 Å². The molecule has 0 amide bonds. The van der Waals surface area contributed by atoms with Crippen molar-refractivity contribution in [3.8, 4) is 11.8 Å². The Morgan fingerprint density at radius 2 is 2.31 bits per heavy atom. The van der Waals surface area contributed by atoms with Crippen LogP contribution in [0, 0.1) is 11.3 Å². The van der Waals surface area contributed by atoms with Crippen LogP contribution in [0.15, 0.2) is 23.1 Å². The summed E-state index contributed by atoms with van der Waals surface area (Å²) in [5, 5.41) is 8.69. The molecule has 0 spiro atoms. The summed E-state index contributed by atoms with van der Waals surface area (Å²) >= 11 is 1.68. The maximum absolute atomic E-state index is 8.69. The highest BCUT2D eigenvalue weighted by molar-refractivity contribution is 7.99. The molecule has 0 N–H and O–H groups in total. The molecule has 0 bridgehead atoms. The predicted octanol–water partition coefficient (Wildman–Crippen LogP) is 2.68. The molecule has 68 valence electrons. The van der Waals surface area contributed by atoms with Crippen molar-refractivity contribution in [3.05, 3.63) is 23.8 Å². The van der Waals surface area contributed by atoms with Crippen molar-refractivity contribution in [3.63, 3.8) is 0 Å². The van der Waals surface area contributed by atoms with E-state index in [1.165, 1.54) is 0 Å². The Hall–Kier alpha value is -1.14. The van der Waals surface area contributed by atoms with E-state index in [1.54, 1.807) is 24.9 Å².